The summed E-state index contributed by atoms with van der Waals surface area (Å²) in [6.45, 7) is 0. The van der Waals surface area contributed by atoms with Crippen molar-refractivity contribution >= 4 is 43.9 Å². The van der Waals surface area contributed by atoms with E-state index in [2.05, 4.69) is 103 Å². The molecule has 0 radical (unpaired) electrons. The highest BCUT2D eigenvalue weighted by Gasteiger charge is 2.20. The molecular formula is C51H31N3O2. The van der Waals surface area contributed by atoms with Crippen molar-refractivity contribution in [3.63, 3.8) is 0 Å². The molecule has 11 aromatic rings. The van der Waals surface area contributed by atoms with Gasteiger partial charge in [-0.05, 0) is 70.3 Å². The van der Waals surface area contributed by atoms with E-state index in [1.165, 1.54) is 5.56 Å². The highest BCUT2D eigenvalue weighted by molar-refractivity contribution is 6.13. The molecule has 0 aliphatic heterocycles. The van der Waals surface area contributed by atoms with Crippen LogP contribution in [0.15, 0.2) is 197 Å². The normalized spacial score (nSPS) is 11.6. The number of aromatic nitrogens is 3. The van der Waals surface area contributed by atoms with Crippen LogP contribution in [0.1, 0.15) is 0 Å². The highest BCUT2D eigenvalue weighted by Crippen LogP contribution is 2.42. The molecule has 5 nitrogen and oxygen atoms in total. The molecule has 11 rings (SSSR count). The van der Waals surface area contributed by atoms with E-state index in [4.69, 9.17) is 23.8 Å². The summed E-state index contributed by atoms with van der Waals surface area (Å²) in [7, 11) is 0. The topological polar surface area (TPSA) is 65.0 Å². The van der Waals surface area contributed by atoms with Gasteiger partial charge in [0.2, 0.25) is 0 Å². The Morgan fingerprint density at radius 1 is 0.268 bits per heavy atom. The Morgan fingerprint density at radius 3 is 1.52 bits per heavy atom. The molecule has 0 unspecified atom stereocenters. The van der Waals surface area contributed by atoms with Gasteiger partial charge in [0, 0.05) is 38.2 Å². The average molecular weight is 718 g/mol. The van der Waals surface area contributed by atoms with Crippen LogP contribution in [0.4, 0.5) is 0 Å². The lowest BCUT2D eigenvalue weighted by Gasteiger charge is -2.10. The van der Waals surface area contributed by atoms with Crippen LogP contribution in [0.5, 0.6) is 0 Å². The molecule has 0 aliphatic rings. The Bertz CT molecular complexity index is 3180. The first kappa shape index (κ1) is 31.9. The summed E-state index contributed by atoms with van der Waals surface area (Å²) in [5, 5.41) is 4.18. The van der Waals surface area contributed by atoms with Crippen LogP contribution < -0.4 is 0 Å². The summed E-state index contributed by atoms with van der Waals surface area (Å²) in [6.07, 6.45) is 0. The van der Waals surface area contributed by atoms with Crippen molar-refractivity contribution in [2.45, 2.75) is 0 Å². The predicted octanol–water partition coefficient (Wildman–Crippen LogP) is 13.7. The quantitative estimate of drug-likeness (QED) is 0.171. The Hall–Kier alpha value is -7.63. The smallest absolute Gasteiger partial charge is 0.167 e. The van der Waals surface area contributed by atoms with Crippen molar-refractivity contribution in [3.05, 3.63) is 188 Å². The number of furan rings is 2. The molecule has 8 aromatic carbocycles. The molecule has 0 bridgehead atoms. The van der Waals surface area contributed by atoms with Gasteiger partial charge >= 0.3 is 0 Å². The molecule has 0 saturated carbocycles. The maximum Gasteiger partial charge on any atom is 0.167 e. The molecule has 0 saturated heterocycles. The van der Waals surface area contributed by atoms with Crippen LogP contribution in [0.25, 0.3) is 111 Å². The Kier molecular flexibility index (Phi) is 7.42. The van der Waals surface area contributed by atoms with Crippen molar-refractivity contribution in [1.82, 2.24) is 15.0 Å². The second-order valence-electron chi connectivity index (χ2n) is 14.0. The number of fused-ring (bicyclic) bond motifs is 6. The molecular weight excluding hydrogens is 687 g/mol. The summed E-state index contributed by atoms with van der Waals surface area (Å²) < 4.78 is 13.3. The highest BCUT2D eigenvalue weighted by atomic mass is 16.3. The van der Waals surface area contributed by atoms with E-state index in [9.17, 15) is 0 Å². The van der Waals surface area contributed by atoms with Gasteiger partial charge in [-0.3, -0.25) is 0 Å². The van der Waals surface area contributed by atoms with Gasteiger partial charge in [0.1, 0.15) is 22.3 Å². The second kappa shape index (κ2) is 13.0. The molecule has 0 aliphatic carbocycles. The van der Waals surface area contributed by atoms with E-state index >= 15 is 0 Å². The van der Waals surface area contributed by atoms with E-state index in [0.717, 1.165) is 88.4 Å². The van der Waals surface area contributed by atoms with Gasteiger partial charge in [0.05, 0.1) is 5.56 Å². The Labute approximate surface area is 322 Å². The van der Waals surface area contributed by atoms with Crippen LogP contribution in [0.3, 0.4) is 0 Å². The molecule has 56 heavy (non-hydrogen) atoms. The molecule has 0 fully saturated rings. The largest absolute Gasteiger partial charge is 0.455 e. The van der Waals surface area contributed by atoms with E-state index in [-0.39, 0.29) is 0 Å². The summed E-state index contributed by atoms with van der Waals surface area (Å²) >= 11 is 0. The fourth-order valence-electron chi connectivity index (χ4n) is 7.79. The zero-order valence-electron chi connectivity index (χ0n) is 30.1. The third kappa shape index (κ3) is 5.45. The zero-order chi connectivity index (χ0) is 37.0. The van der Waals surface area contributed by atoms with Crippen molar-refractivity contribution in [2.24, 2.45) is 0 Å². The first-order chi connectivity index (χ1) is 27.7. The van der Waals surface area contributed by atoms with Gasteiger partial charge < -0.3 is 8.83 Å². The van der Waals surface area contributed by atoms with Crippen LogP contribution in [0, 0.1) is 0 Å². The maximum absolute atomic E-state index is 6.67. The fourth-order valence-corrected chi connectivity index (χ4v) is 7.79. The van der Waals surface area contributed by atoms with Gasteiger partial charge in [-0.15, -0.1) is 0 Å². The number of hydrogen-bond acceptors (Lipinski definition) is 5. The monoisotopic (exact) mass is 717 g/mol. The van der Waals surface area contributed by atoms with Gasteiger partial charge in [0.15, 0.2) is 17.5 Å². The molecule has 0 atom stereocenters. The molecule has 262 valence electrons. The van der Waals surface area contributed by atoms with Gasteiger partial charge in [-0.25, -0.2) is 15.0 Å². The molecule has 3 aromatic heterocycles. The average Bonchev–Trinajstić information content (AvgIpc) is 3.85. The van der Waals surface area contributed by atoms with Crippen LogP contribution >= 0.6 is 0 Å². The SMILES string of the molecule is c1ccc(-c2cccc(-c3cc(-c4ccc5oc6c(-c7nc(-c8ccccc8)nc(-c8ccccc8)n7)cccc6c5c4)cc4c3oc3ccccc34)c2)cc1. The van der Waals surface area contributed by atoms with Crippen LogP contribution in [-0.2, 0) is 0 Å². The number of hydrogen-bond donors (Lipinski definition) is 0. The van der Waals surface area contributed by atoms with Gasteiger partial charge in [0.25, 0.3) is 0 Å². The number of nitrogens with zero attached hydrogens (tertiary/aromatic N) is 3. The van der Waals surface area contributed by atoms with Crippen molar-refractivity contribution in [1.29, 1.82) is 0 Å². The van der Waals surface area contributed by atoms with Crippen molar-refractivity contribution < 1.29 is 8.83 Å². The lowest BCUT2D eigenvalue weighted by atomic mass is 9.93. The maximum atomic E-state index is 6.67. The minimum atomic E-state index is 0.558. The number of benzene rings is 8. The molecule has 0 amide bonds. The molecule has 3 heterocycles. The Balaban J connectivity index is 1.08. The summed E-state index contributed by atoms with van der Waals surface area (Å²) in [5.41, 5.74) is 12.6. The fraction of sp³-hybridized carbons (Fsp3) is 0. The van der Waals surface area contributed by atoms with E-state index in [1.54, 1.807) is 0 Å². The first-order valence-corrected chi connectivity index (χ1v) is 18.7. The third-order valence-electron chi connectivity index (χ3n) is 10.5. The predicted molar refractivity (Wildman–Crippen MR) is 227 cm³/mol. The molecule has 0 N–H and O–H groups in total. The zero-order valence-corrected chi connectivity index (χ0v) is 30.1. The number of rotatable bonds is 6. The third-order valence-corrected chi connectivity index (χ3v) is 10.5. The van der Waals surface area contributed by atoms with E-state index in [1.807, 2.05) is 84.9 Å². The van der Waals surface area contributed by atoms with Crippen molar-refractivity contribution in [2.75, 3.05) is 0 Å². The second-order valence-corrected chi connectivity index (χ2v) is 14.0. The molecule has 5 heteroatoms. The minimum Gasteiger partial charge on any atom is -0.455 e. The van der Waals surface area contributed by atoms with Gasteiger partial charge in [-0.1, -0.05) is 146 Å². The van der Waals surface area contributed by atoms with E-state index in [0.29, 0.717) is 17.5 Å². The molecule has 0 spiro atoms. The van der Waals surface area contributed by atoms with Crippen LogP contribution in [0.2, 0.25) is 0 Å². The number of para-hydroxylation sites is 2. The van der Waals surface area contributed by atoms with Crippen molar-refractivity contribution in [3.8, 4) is 67.5 Å². The standard InChI is InChI=1S/C51H31N3O2/c1-4-14-32(15-5-1)35-20-12-21-37(28-35)42-30-38(31-44-39-22-10-11-25-45(39)55-48(42)44)36-26-27-46-43(29-36)40-23-13-24-41(47(40)56-46)51-53-49(33-16-6-2-7-17-33)52-50(54-51)34-18-8-3-9-19-34/h1-31H. The van der Waals surface area contributed by atoms with Gasteiger partial charge in [-0.2, -0.15) is 0 Å². The van der Waals surface area contributed by atoms with Crippen LogP contribution in [-0.4, -0.2) is 15.0 Å². The Morgan fingerprint density at radius 2 is 0.786 bits per heavy atom. The summed E-state index contributed by atoms with van der Waals surface area (Å²) in [4.78, 5) is 14.9. The van der Waals surface area contributed by atoms with E-state index < -0.39 is 0 Å². The summed E-state index contributed by atoms with van der Waals surface area (Å²) in [5.74, 6) is 1.77. The summed E-state index contributed by atoms with van der Waals surface area (Å²) in [6, 6.07) is 64.6. The lowest BCUT2D eigenvalue weighted by molar-refractivity contribution is 0.669. The minimum absolute atomic E-state index is 0.558. The first-order valence-electron chi connectivity index (χ1n) is 18.7. The lowest BCUT2D eigenvalue weighted by Crippen LogP contribution is -2.00.